The summed E-state index contributed by atoms with van der Waals surface area (Å²) in [5.74, 6) is 0.125. The highest BCUT2D eigenvalue weighted by Gasteiger charge is 2.28. The number of hydrogen-bond donors (Lipinski definition) is 0. The summed E-state index contributed by atoms with van der Waals surface area (Å²) in [7, 11) is 0. The molecule has 0 spiro atoms. The van der Waals surface area contributed by atoms with E-state index in [4.69, 9.17) is 9.47 Å². The molecule has 0 N–H and O–H groups in total. The maximum Gasteiger partial charge on any atom is 0.312 e. The van der Waals surface area contributed by atoms with Crippen molar-refractivity contribution < 1.29 is 14.3 Å². The minimum absolute atomic E-state index is 0.0995. The molecule has 0 radical (unpaired) electrons. The summed E-state index contributed by atoms with van der Waals surface area (Å²) in [4.78, 5) is 26.9. The van der Waals surface area contributed by atoms with Gasteiger partial charge in [0, 0.05) is 6.42 Å². The van der Waals surface area contributed by atoms with E-state index in [2.05, 4.69) is 52.0 Å². The van der Waals surface area contributed by atoms with Crippen LogP contribution in [0.25, 0.3) is 11.1 Å². The van der Waals surface area contributed by atoms with Crippen LogP contribution in [0.5, 0.6) is 5.88 Å². The Balaban J connectivity index is 1.53. The fourth-order valence-electron chi connectivity index (χ4n) is 6.05. The Bertz CT molecular complexity index is 1160. The van der Waals surface area contributed by atoms with E-state index in [1.54, 1.807) is 4.68 Å². The van der Waals surface area contributed by atoms with E-state index in [9.17, 15) is 9.59 Å². The van der Waals surface area contributed by atoms with Gasteiger partial charge in [0.1, 0.15) is 5.56 Å². The average molecular weight is 581 g/mol. The van der Waals surface area contributed by atoms with E-state index in [0.717, 1.165) is 55.2 Å². The molecule has 0 amide bonds. The molecule has 2 heterocycles. The van der Waals surface area contributed by atoms with Crippen molar-refractivity contribution in [3.63, 3.8) is 0 Å². The van der Waals surface area contributed by atoms with Gasteiger partial charge in [-0.3, -0.25) is 9.59 Å². The van der Waals surface area contributed by atoms with Gasteiger partial charge in [-0.1, -0.05) is 102 Å². The number of hydrogen-bond acceptors (Lipinski definition) is 4. The summed E-state index contributed by atoms with van der Waals surface area (Å²) in [5.41, 5.74) is 4.80. The third-order valence-electron chi connectivity index (χ3n) is 8.39. The predicted molar refractivity (Wildman–Crippen MR) is 174 cm³/mol. The van der Waals surface area contributed by atoms with Gasteiger partial charge in [-0.2, -0.15) is 0 Å². The minimum Gasteiger partial charge on any atom is -0.407 e. The number of unbranched alkanes of at least 4 members (excludes halogenated alkanes) is 11. The van der Waals surface area contributed by atoms with Crippen LogP contribution in [0.15, 0.2) is 29.1 Å². The van der Waals surface area contributed by atoms with Gasteiger partial charge in [-0.05, 0) is 68.6 Å². The molecule has 1 aliphatic heterocycles. The Hall–Kier alpha value is -2.60. The van der Waals surface area contributed by atoms with E-state index in [1.165, 1.54) is 63.4 Å². The molecular weight excluding hydrogens is 524 g/mol. The molecule has 0 saturated carbocycles. The van der Waals surface area contributed by atoms with Gasteiger partial charge >= 0.3 is 5.97 Å². The molecule has 0 aliphatic carbocycles. The molecule has 0 bridgehead atoms. The first-order chi connectivity index (χ1) is 20.5. The van der Waals surface area contributed by atoms with Gasteiger partial charge < -0.3 is 9.47 Å². The molecule has 0 unspecified atom stereocenters. The highest BCUT2D eigenvalue weighted by atomic mass is 16.5. The van der Waals surface area contributed by atoms with Crippen LogP contribution in [-0.2, 0) is 35.5 Å². The van der Waals surface area contributed by atoms with Crippen molar-refractivity contribution in [3.05, 3.63) is 51.3 Å². The molecule has 1 aromatic heterocycles. The summed E-state index contributed by atoms with van der Waals surface area (Å²) >= 11 is 0. The molecule has 2 aromatic rings. The monoisotopic (exact) mass is 580 g/mol. The number of rotatable bonds is 19. The maximum atomic E-state index is 13.8. The van der Waals surface area contributed by atoms with Gasteiger partial charge in [0.2, 0.25) is 5.88 Å². The van der Waals surface area contributed by atoms with E-state index < -0.39 is 0 Å². The van der Waals surface area contributed by atoms with Crippen LogP contribution < -0.4 is 10.3 Å². The number of allylic oxidation sites excluding steroid dienone is 2. The smallest absolute Gasteiger partial charge is 0.312 e. The summed E-state index contributed by atoms with van der Waals surface area (Å²) in [6.45, 7) is 10.5. The van der Waals surface area contributed by atoms with E-state index in [0.29, 0.717) is 44.2 Å². The van der Waals surface area contributed by atoms with E-state index >= 15 is 0 Å². The Kier molecular flexibility index (Phi) is 15.2. The van der Waals surface area contributed by atoms with Gasteiger partial charge in [-0.25, -0.2) is 9.36 Å². The van der Waals surface area contributed by atoms with E-state index in [1.807, 2.05) is 4.68 Å². The molecule has 1 aromatic carbocycles. The minimum atomic E-state index is -0.261. The Morgan fingerprint density at radius 2 is 1.33 bits per heavy atom. The zero-order chi connectivity index (χ0) is 30.2. The molecule has 0 atom stereocenters. The summed E-state index contributed by atoms with van der Waals surface area (Å²) < 4.78 is 15.2. The van der Waals surface area contributed by atoms with Crippen LogP contribution in [0.3, 0.4) is 0 Å². The molecule has 0 saturated heterocycles. The first kappa shape index (κ1) is 33.9. The molecule has 42 heavy (non-hydrogen) atoms. The van der Waals surface area contributed by atoms with Crippen molar-refractivity contribution in [2.24, 2.45) is 0 Å². The van der Waals surface area contributed by atoms with Crippen molar-refractivity contribution in [1.29, 1.82) is 0 Å². The molecule has 3 rings (SSSR count). The highest BCUT2D eigenvalue weighted by Crippen LogP contribution is 2.35. The van der Waals surface area contributed by atoms with Crippen LogP contribution in [-0.4, -0.2) is 28.5 Å². The SMILES string of the molecule is CCCCCCCCC=CCCCCCCCC(=O)Oc1c(-c2c(CC)cc(C)cc2CC)c(=O)n2n1CCOCC2. The largest absolute Gasteiger partial charge is 0.407 e. The first-order valence-electron chi connectivity index (χ1n) is 16.9. The van der Waals surface area contributed by atoms with Crippen LogP contribution in [0.1, 0.15) is 127 Å². The highest BCUT2D eigenvalue weighted by molar-refractivity contribution is 5.80. The van der Waals surface area contributed by atoms with Crippen LogP contribution >= 0.6 is 0 Å². The number of esters is 1. The molecule has 1 aliphatic rings. The van der Waals surface area contributed by atoms with E-state index in [-0.39, 0.29) is 11.5 Å². The van der Waals surface area contributed by atoms with Crippen molar-refractivity contribution in [2.75, 3.05) is 13.2 Å². The van der Waals surface area contributed by atoms with Crippen LogP contribution in [0.2, 0.25) is 0 Å². The molecule has 234 valence electrons. The zero-order valence-electron chi connectivity index (χ0n) is 27.0. The second-order valence-electron chi connectivity index (χ2n) is 11.8. The number of carbonyl (C=O) groups excluding carboxylic acids is 1. The number of aromatic nitrogens is 2. The summed E-state index contributed by atoms with van der Waals surface area (Å²) in [6.07, 6.45) is 22.5. The maximum absolute atomic E-state index is 13.8. The van der Waals surface area contributed by atoms with Gasteiger partial charge in [0.05, 0.1) is 26.3 Å². The Morgan fingerprint density at radius 3 is 1.93 bits per heavy atom. The third-order valence-corrected chi connectivity index (χ3v) is 8.39. The fourth-order valence-corrected chi connectivity index (χ4v) is 6.05. The fraction of sp³-hybridized carbons (Fsp3) is 0.667. The van der Waals surface area contributed by atoms with Crippen molar-refractivity contribution in [2.45, 2.75) is 144 Å². The van der Waals surface area contributed by atoms with Crippen molar-refractivity contribution in [3.8, 4) is 17.0 Å². The topological polar surface area (TPSA) is 62.5 Å². The summed E-state index contributed by atoms with van der Waals surface area (Å²) in [5, 5.41) is 0. The van der Waals surface area contributed by atoms with Gasteiger partial charge in [0.25, 0.3) is 5.56 Å². The second-order valence-corrected chi connectivity index (χ2v) is 11.8. The number of nitrogens with zero attached hydrogens (tertiary/aromatic N) is 2. The molecule has 6 nitrogen and oxygen atoms in total. The standard InChI is InChI=1S/C36H56N2O4/c1-5-8-9-10-11-12-13-14-15-16-17-18-19-20-21-22-32(39)42-36-34(35(40)37-23-25-41-26-24-38(36)37)33-30(6-2)27-29(4)28-31(33)7-3/h14-15,27-28H,5-13,16-26H2,1-4H3. The number of ether oxygens (including phenoxy) is 2. The number of carbonyl (C=O) groups is 1. The quantitative estimate of drug-likeness (QED) is 0.0947. The van der Waals surface area contributed by atoms with Crippen molar-refractivity contribution in [1.82, 2.24) is 9.36 Å². The van der Waals surface area contributed by atoms with Gasteiger partial charge in [0.15, 0.2) is 0 Å². The Labute approximate surface area is 254 Å². The second kappa shape index (κ2) is 18.8. The lowest BCUT2D eigenvalue weighted by atomic mass is 9.91. The predicted octanol–water partition coefficient (Wildman–Crippen LogP) is 8.72. The lowest BCUT2D eigenvalue weighted by molar-refractivity contribution is -0.135. The zero-order valence-corrected chi connectivity index (χ0v) is 27.0. The first-order valence-corrected chi connectivity index (χ1v) is 16.9. The van der Waals surface area contributed by atoms with Crippen LogP contribution in [0.4, 0.5) is 0 Å². The molecule has 0 fully saturated rings. The van der Waals surface area contributed by atoms with Crippen LogP contribution in [0, 0.1) is 6.92 Å². The summed E-state index contributed by atoms with van der Waals surface area (Å²) in [6, 6.07) is 4.31. The molecule has 6 heteroatoms. The lowest BCUT2D eigenvalue weighted by Crippen LogP contribution is -2.24. The van der Waals surface area contributed by atoms with Gasteiger partial charge in [-0.15, -0.1) is 0 Å². The average Bonchev–Trinajstić information content (AvgIpc) is 3.13. The number of fused-ring (bicyclic) bond motifs is 1. The third kappa shape index (κ3) is 10.00. The molecular formula is C36H56N2O4. The normalized spacial score (nSPS) is 13.4. The number of aryl methyl sites for hydroxylation is 3. The number of benzene rings is 1. The van der Waals surface area contributed by atoms with Crippen molar-refractivity contribution >= 4 is 5.97 Å². The lowest BCUT2D eigenvalue weighted by Gasteiger charge is -2.16. The Morgan fingerprint density at radius 1 is 0.786 bits per heavy atom.